The van der Waals surface area contributed by atoms with Crippen molar-refractivity contribution >= 4 is 16.0 Å². The zero-order chi connectivity index (χ0) is 13.3. The third-order valence-electron chi connectivity index (χ3n) is 2.87. The first-order chi connectivity index (χ1) is 8.44. The van der Waals surface area contributed by atoms with Crippen LogP contribution in [0.15, 0.2) is 11.2 Å². The summed E-state index contributed by atoms with van der Waals surface area (Å²) in [4.78, 5) is 17.5. The zero-order valence-electron chi connectivity index (χ0n) is 9.88. The molecular formula is C10H15N3O4S. The summed E-state index contributed by atoms with van der Waals surface area (Å²) in [6.07, 6.45) is 3.26. The van der Waals surface area contributed by atoms with Gasteiger partial charge in [-0.05, 0) is 18.8 Å². The maximum Gasteiger partial charge on any atom is 0.322 e. The first kappa shape index (κ1) is 13.0. The standard InChI is InChI=1S/C10H15N3O4S/c1-2-7-11-5-8(12-7)18(16,17)13-9(10(14)15)6-3-4-6/h5-6,9,13H,2-4H2,1H3,(H,11,12)(H,14,15). The van der Waals surface area contributed by atoms with E-state index >= 15 is 0 Å². The molecular weight excluding hydrogens is 258 g/mol. The Morgan fingerprint density at radius 1 is 1.67 bits per heavy atom. The van der Waals surface area contributed by atoms with Crippen LogP contribution >= 0.6 is 0 Å². The highest BCUT2D eigenvalue weighted by Gasteiger charge is 2.39. The van der Waals surface area contributed by atoms with Crippen LogP contribution < -0.4 is 4.72 Å². The maximum absolute atomic E-state index is 12.0. The molecule has 0 bridgehead atoms. The molecule has 8 heteroatoms. The van der Waals surface area contributed by atoms with Gasteiger partial charge in [0.15, 0.2) is 5.03 Å². The lowest BCUT2D eigenvalue weighted by Gasteiger charge is -2.12. The lowest BCUT2D eigenvalue weighted by Crippen LogP contribution is -2.42. The SMILES string of the molecule is CCc1ncc(S(=O)(=O)NC(C(=O)O)C2CC2)[nH]1. The number of hydrogen-bond donors (Lipinski definition) is 3. The molecule has 3 N–H and O–H groups in total. The average molecular weight is 273 g/mol. The molecule has 1 aliphatic carbocycles. The lowest BCUT2D eigenvalue weighted by atomic mass is 10.2. The summed E-state index contributed by atoms with van der Waals surface area (Å²) >= 11 is 0. The number of aliphatic carboxylic acids is 1. The average Bonchev–Trinajstić information content (AvgIpc) is 3.01. The number of aryl methyl sites for hydroxylation is 1. The number of carbonyl (C=O) groups is 1. The minimum absolute atomic E-state index is 0.0914. The molecule has 1 fully saturated rings. The minimum atomic E-state index is -3.85. The molecule has 0 amide bonds. The summed E-state index contributed by atoms with van der Waals surface area (Å²) in [7, 11) is -3.85. The van der Waals surface area contributed by atoms with Crippen molar-refractivity contribution in [2.45, 2.75) is 37.3 Å². The van der Waals surface area contributed by atoms with Crippen molar-refractivity contribution in [1.29, 1.82) is 0 Å². The number of nitrogens with zero attached hydrogens (tertiary/aromatic N) is 1. The number of sulfonamides is 1. The summed E-state index contributed by atoms with van der Waals surface area (Å²) in [5.41, 5.74) is 0. The highest BCUT2D eigenvalue weighted by molar-refractivity contribution is 7.89. The van der Waals surface area contributed by atoms with Gasteiger partial charge in [0.1, 0.15) is 11.9 Å². The summed E-state index contributed by atoms with van der Waals surface area (Å²) in [6.45, 7) is 1.84. The molecule has 100 valence electrons. The van der Waals surface area contributed by atoms with E-state index in [4.69, 9.17) is 5.11 Å². The van der Waals surface area contributed by atoms with Crippen molar-refractivity contribution in [2.75, 3.05) is 0 Å². The zero-order valence-corrected chi connectivity index (χ0v) is 10.7. The Morgan fingerprint density at radius 3 is 2.78 bits per heavy atom. The summed E-state index contributed by atoms with van der Waals surface area (Å²) in [5, 5.41) is 8.90. The third kappa shape index (κ3) is 2.70. The van der Waals surface area contributed by atoms with E-state index < -0.39 is 22.0 Å². The van der Waals surface area contributed by atoms with Gasteiger partial charge >= 0.3 is 5.97 Å². The molecule has 2 rings (SSSR count). The number of nitrogens with one attached hydrogen (secondary N) is 2. The smallest absolute Gasteiger partial charge is 0.322 e. The van der Waals surface area contributed by atoms with Gasteiger partial charge in [0, 0.05) is 6.42 Å². The van der Waals surface area contributed by atoms with Crippen LogP contribution in [-0.4, -0.2) is 35.5 Å². The Labute approximate surface area is 105 Å². The normalized spacial score (nSPS) is 17.6. The highest BCUT2D eigenvalue weighted by Crippen LogP contribution is 2.33. The van der Waals surface area contributed by atoms with Gasteiger partial charge in [0.25, 0.3) is 10.0 Å². The van der Waals surface area contributed by atoms with Crippen molar-refractivity contribution in [3.05, 3.63) is 12.0 Å². The predicted octanol–water partition coefficient (Wildman–Crippen LogP) is 0.114. The number of rotatable bonds is 6. The Bertz CT molecular complexity index is 547. The van der Waals surface area contributed by atoms with Crippen LogP contribution in [0.3, 0.4) is 0 Å². The third-order valence-corrected chi connectivity index (χ3v) is 4.22. The van der Waals surface area contributed by atoms with E-state index in [0.29, 0.717) is 12.2 Å². The number of aromatic nitrogens is 2. The molecule has 0 aliphatic heterocycles. The van der Waals surface area contributed by atoms with Crippen molar-refractivity contribution in [3.8, 4) is 0 Å². The first-order valence-corrected chi connectivity index (χ1v) is 7.21. The van der Waals surface area contributed by atoms with Crippen LogP contribution in [0.2, 0.25) is 0 Å². The molecule has 1 unspecified atom stereocenters. The molecule has 0 aromatic carbocycles. The fourth-order valence-electron chi connectivity index (χ4n) is 1.67. The van der Waals surface area contributed by atoms with E-state index in [0.717, 1.165) is 12.8 Å². The number of imidazole rings is 1. The quantitative estimate of drug-likeness (QED) is 0.681. The number of hydrogen-bond acceptors (Lipinski definition) is 4. The monoisotopic (exact) mass is 273 g/mol. The van der Waals surface area contributed by atoms with Gasteiger partial charge in [0.2, 0.25) is 0 Å². The molecule has 7 nitrogen and oxygen atoms in total. The topological polar surface area (TPSA) is 112 Å². The van der Waals surface area contributed by atoms with Gasteiger partial charge in [-0.15, -0.1) is 0 Å². The van der Waals surface area contributed by atoms with Gasteiger partial charge in [0.05, 0.1) is 6.20 Å². The molecule has 0 spiro atoms. The minimum Gasteiger partial charge on any atom is -0.480 e. The second-order valence-corrected chi connectivity index (χ2v) is 6.00. The van der Waals surface area contributed by atoms with E-state index in [1.54, 1.807) is 0 Å². The molecule has 1 aromatic heterocycles. The molecule has 1 saturated carbocycles. The van der Waals surface area contributed by atoms with Crippen molar-refractivity contribution in [3.63, 3.8) is 0 Å². The molecule has 0 saturated heterocycles. The Morgan fingerprint density at radius 2 is 2.33 bits per heavy atom. The first-order valence-electron chi connectivity index (χ1n) is 5.73. The predicted molar refractivity (Wildman–Crippen MR) is 62.4 cm³/mol. The van der Waals surface area contributed by atoms with Crippen LogP contribution in [0, 0.1) is 5.92 Å². The molecule has 0 radical (unpaired) electrons. The number of aromatic amines is 1. The largest absolute Gasteiger partial charge is 0.480 e. The van der Waals surface area contributed by atoms with Crippen molar-refractivity contribution < 1.29 is 18.3 Å². The number of carboxylic acids is 1. The van der Waals surface area contributed by atoms with E-state index in [1.807, 2.05) is 6.92 Å². The van der Waals surface area contributed by atoms with Crippen LogP contribution in [0.25, 0.3) is 0 Å². The molecule has 1 heterocycles. The van der Waals surface area contributed by atoms with Gasteiger partial charge < -0.3 is 10.1 Å². The van der Waals surface area contributed by atoms with Gasteiger partial charge in [-0.1, -0.05) is 6.92 Å². The van der Waals surface area contributed by atoms with Crippen molar-refractivity contribution in [1.82, 2.24) is 14.7 Å². The lowest BCUT2D eigenvalue weighted by molar-refractivity contribution is -0.139. The summed E-state index contributed by atoms with van der Waals surface area (Å²) in [6, 6.07) is -1.05. The van der Waals surface area contributed by atoms with E-state index in [-0.39, 0.29) is 10.9 Å². The Kier molecular flexibility index (Phi) is 3.40. The number of carboxylic acid groups (broad SMARTS) is 1. The van der Waals surface area contributed by atoms with E-state index in [2.05, 4.69) is 14.7 Å². The van der Waals surface area contributed by atoms with Crippen molar-refractivity contribution in [2.24, 2.45) is 5.92 Å². The molecule has 18 heavy (non-hydrogen) atoms. The van der Waals surface area contributed by atoms with Gasteiger partial charge in [-0.25, -0.2) is 13.4 Å². The van der Waals surface area contributed by atoms with Gasteiger partial charge in [-0.2, -0.15) is 4.72 Å². The van der Waals surface area contributed by atoms with Crippen LogP contribution in [-0.2, 0) is 21.2 Å². The fraction of sp³-hybridized carbons (Fsp3) is 0.600. The van der Waals surface area contributed by atoms with Gasteiger partial charge in [-0.3, -0.25) is 4.79 Å². The summed E-state index contributed by atoms with van der Waals surface area (Å²) < 4.78 is 26.1. The highest BCUT2D eigenvalue weighted by atomic mass is 32.2. The van der Waals surface area contributed by atoms with E-state index in [1.165, 1.54) is 6.20 Å². The van der Waals surface area contributed by atoms with Crippen LogP contribution in [0.4, 0.5) is 0 Å². The molecule has 1 aliphatic rings. The second kappa shape index (κ2) is 4.69. The Hall–Kier alpha value is -1.41. The maximum atomic E-state index is 12.0. The number of H-pyrrole nitrogens is 1. The van der Waals surface area contributed by atoms with Crippen LogP contribution in [0.1, 0.15) is 25.6 Å². The molecule has 1 atom stereocenters. The second-order valence-electron chi connectivity index (χ2n) is 4.32. The van der Waals surface area contributed by atoms with E-state index in [9.17, 15) is 13.2 Å². The Balaban J connectivity index is 2.17. The fourth-order valence-corrected chi connectivity index (χ4v) is 2.87. The molecule has 1 aromatic rings. The van der Waals surface area contributed by atoms with Crippen LogP contribution in [0.5, 0.6) is 0 Å². The summed E-state index contributed by atoms with van der Waals surface area (Å²) in [5.74, 6) is -0.698.